The van der Waals surface area contributed by atoms with Crippen LogP contribution in [0.25, 0.3) is 0 Å². The summed E-state index contributed by atoms with van der Waals surface area (Å²) in [5, 5.41) is 5.26. The number of hydrogen-bond donors (Lipinski definition) is 1. The normalized spacial score (nSPS) is 10.2. The monoisotopic (exact) mass is 292 g/mol. The Labute approximate surface area is 121 Å². The van der Waals surface area contributed by atoms with Gasteiger partial charge in [-0.25, -0.2) is 4.98 Å². The summed E-state index contributed by atoms with van der Waals surface area (Å²) in [5.74, 6) is 0.567. The van der Waals surface area contributed by atoms with Crippen molar-refractivity contribution in [3.8, 4) is 10.9 Å². The Morgan fingerprint density at radius 3 is 2.80 bits per heavy atom. The van der Waals surface area contributed by atoms with Gasteiger partial charge in [0, 0.05) is 37.4 Å². The van der Waals surface area contributed by atoms with Crippen molar-refractivity contribution >= 4 is 17.2 Å². The van der Waals surface area contributed by atoms with Crippen LogP contribution in [0.15, 0.2) is 35.8 Å². The Balaban J connectivity index is 1.85. The fraction of sp³-hybridized carbons (Fsp3) is 0.286. The highest BCUT2D eigenvalue weighted by Gasteiger charge is 2.05. The minimum atomic E-state index is -0.0955. The maximum atomic E-state index is 11.8. The van der Waals surface area contributed by atoms with Crippen molar-refractivity contribution in [2.75, 3.05) is 20.3 Å². The second-order valence-corrected chi connectivity index (χ2v) is 4.88. The lowest BCUT2D eigenvalue weighted by Gasteiger charge is -2.06. The number of carbonyl (C=O) groups is 1. The summed E-state index contributed by atoms with van der Waals surface area (Å²) in [5.41, 5.74) is 0.605. The molecule has 1 aromatic heterocycles. The zero-order chi connectivity index (χ0) is 14.2. The van der Waals surface area contributed by atoms with Crippen LogP contribution in [-0.2, 0) is 4.74 Å². The van der Waals surface area contributed by atoms with Crippen molar-refractivity contribution in [3.05, 3.63) is 41.4 Å². The molecule has 6 heteroatoms. The molecule has 0 unspecified atom stereocenters. The predicted molar refractivity (Wildman–Crippen MR) is 77.5 cm³/mol. The number of ether oxygens (including phenoxy) is 2. The van der Waals surface area contributed by atoms with Crippen LogP contribution in [0, 0.1) is 0 Å². The quantitative estimate of drug-likeness (QED) is 0.797. The Kier molecular flexibility index (Phi) is 5.52. The summed E-state index contributed by atoms with van der Waals surface area (Å²) in [7, 11) is 1.64. The molecular weight excluding hydrogens is 276 g/mol. The molecule has 0 bridgehead atoms. The predicted octanol–water partition coefficient (Wildman–Crippen LogP) is 2.70. The van der Waals surface area contributed by atoms with Crippen LogP contribution in [0.4, 0.5) is 0 Å². The fourth-order valence-corrected chi connectivity index (χ4v) is 2.06. The van der Waals surface area contributed by atoms with Gasteiger partial charge in [0.25, 0.3) is 11.1 Å². The number of aromatic nitrogens is 1. The molecule has 0 aliphatic heterocycles. The number of nitrogens with one attached hydrogen (secondary N) is 1. The molecule has 1 amide bonds. The fourth-order valence-electron chi connectivity index (χ4n) is 1.56. The van der Waals surface area contributed by atoms with E-state index < -0.39 is 0 Å². The number of amides is 1. The van der Waals surface area contributed by atoms with Crippen molar-refractivity contribution in [2.24, 2.45) is 0 Å². The zero-order valence-corrected chi connectivity index (χ0v) is 12.0. The Morgan fingerprint density at radius 2 is 2.15 bits per heavy atom. The van der Waals surface area contributed by atoms with E-state index in [4.69, 9.17) is 9.47 Å². The number of rotatable bonds is 7. The van der Waals surface area contributed by atoms with Crippen molar-refractivity contribution < 1.29 is 14.3 Å². The molecule has 5 nitrogen and oxygen atoms in total. The first-order valence-corrected chi connectivity index (χ1v) is 7.12. The summed E-state index contributed by atoms with van der Waals surface area (Å²) >= 11 is 1.42. The summed E-state index contributed by atoms with van der Waals surface area (Å²) in [6.45, 7) is 1.24. The van der Waals surface area contributed by atoms with Gasteiger partial charge in [-0.05, 0) is 30.7 Å². The molecule has 1 aromatic carbocycles. The van der Waals surface area contributed by atoms with Crippen LogP contribution < -0.4 is 10.1 Å². The first-order chi connectivity index (χ1) is 9.79. The Bertz CT molecular complexity index is 526. The van der Waals surface area contributed by atoms with Gasteiger partial charge < -0.3 is 14.8 Å². The number of benzene rings is 1. The van der Waals surface area contributed by atoms with Gasteiger partial charge in [0.1, 0.15) is 5.75 Å². The van der Waals surface area contributed by atoms with E-state index >= 15 is 0 Å². The first-order valence-electron chi connectivity index (χ1n) is 6.24. The standard InChI is InChI=1S/C14H16N2O3S/c1-18-9-2-7-15-13(17)11-3-5-12(6-4-11)19-14-16-8-10-20-14/h3-6,8,10H,2,7,9H2,1H3,(H,15,17). The molecule has 0 radical (unpaired) electrons. The van der Waals surface area contributed by atoms with Crippen molar-refractivity contribution in [3.63, 3.8) is 0 Å². The molecule has 0 atom stereocenters. The lowest BCUT2D eigenvalue weighted by Crippen LogP contribution is -2.25. The highest BCUT2D eigenvalue weighted by molar-refractivity contribution is 7.11. The molecule has 0 fully saturated rings. The molecule has 0 spiro atoms. The molecule has 2 aromatic rings. The van der Waals surface area contributed by atoms with Crippen LogP contribution >= 0.6 is 11.3 Å². The smallest absolute Gasteiger partial charge is 0.278 e. The maximum absolute atomic E-state index is 11.8. The summed E-state index contributed by atoms with van der Waals surface area (Å²) in [6.07, 6.45) is 2.48. The van der Waals surface area contributed by atoms with Gasteiger partial charge in [0.05, 0.1) is 0 Å². The van der Waals surface area contributed by atoms with Gasteiger partial charge >= 0.3 is 0 Å². The van der Waals surface area contributed by atoms with Gasteiger partial charge in [0.2, 0.25) is 0 Å². The number of thiazole rings is 1. The summed E-state index contributed by atoms with van der Waals surface area (Å²) in [6, 6.07) is 6.97. The topological polar surface area (TPSA) is 60.5 Å². The summed E-state index contributed by atoms with van der Waals surface area (Å²) in [4.78, 5) is 15.9. The SMILES string of the molecule is COCCCNC(=O)c1ccc(Oc2nccs2)cc1. The summed E-state index contributed by atoms with van der Waals surface area (Å²) < 4.78 is 10.4. The number of methoxy groups -OCH3 is 1. The average molecular weight is 292 g/mol. The molecular formula is C14H16N2O3S. The third-order valence-electron chi connectivity index (χ3n) is 2.54. The van der Waals surface area contributed by atoms with Crippen LogP contribution in [0.3, 0.4) is 0 Å². The zero-order valence-electron chi connectivity index (χ0n) is 11.2. The van der Waals surface area contributed by atoms with Crippen LogP contribution in [0.1, 0.15) is 16.8 Å². The van der Waals surface area contributed by atoms with Crippen LogP contribution in [-0.4, -0.2) is 31.2 Å². The lowest BCUT2D eigenvalue weighted by molar-refractivity contribution is 0.0948. The van der Waals surface area contributed by atoms with E-state index in [-0.39, 0.29) is 5.91 Å². The van der Waals surface area contributed by atoms with E-state index in [9.17, 15) is 4.79 Å². The van der Waals surface area contributed by atoms with Crippen molar-refractivity contribution in [1.29, 1.82) is 0 Å². The highest BCUT2D eigenvalue weighted by Crippen LogP contribution is 2.23. The lowest BCUT2D eigenvalue weighted by atomic mass is 10.2. The third-order valence-corrected chi connectivity index (χ3v) is 3.19. The maximum Gasteiger partial charge on any atom is 0.278 e. The van der Waals surface area contributed by atoms with E-state index in [1.165, 1.54) is 11.3 Å². The van der Waals surface area contributed by atoms with E-state index in [0.29, 0.717) is 29.7 Å². The number of carbonyl (C=O) groups excluding carboxylic acids is 1. The molecule has 1 N–H and O–H groups in total. The van der Waals surface area contributed by atoms with Crippen LogP contribution in [0.2, 0.25) is 0 Å². The van der Waals surface area contributed by atoms with Gasteiger partial charge in [-0.1, -0.05) is 11.3 Å². The van der Waals surface area contributed by atoms with E-state index in [1.807, 2.05) is 5.38 Å². The molecule has 106 valence electrons. The molecule has 0 aliphatic carbocycles. The van der Waals surface area contributed by atoms with Crippen molar-refractivity contribution in [1.82, 2.24) is 10.3 Å². The van der Waals surface area contributed by atoms with E-state index in [2.05, 4.69) is 10.3 Å². The largest absolute Gasteiger partial charge is 0.431 e. The first kappa shape index (κ1) is 14.5. The molecule has 20 heavy (non-hydrogen) atoms. The van der Waals surface area contributed by atoms with Gasteiger partial charge in [0.15, 0.2) is 0 Å². The van der Waals surface area contributed by atoms with E-state index in [0.717, 1.165) is 6.42 Å². The molecule has 0 aliphatic rings. The Hall–Kier alpha value is -1.92. The van der Waals surface area contributed by atoms with Gasteiger partial charge in [-0.15, -0.1) is 0 Å². The second kappa shape index (κ2) is 7.62. The van der Waals surface area contributed by atoms with E-state index in [1.54, 1.807) is 37.6 Å². The second-order valence-electron chi connectivity index (χ2n) is 4.03. The third kappa shape index (κ3) is 4.32. The van der Waals surface area contributed by atoms with Crippen molar-refractivity contribution in [2.45, 2.75) is 6.42 Å². The number of hydrogen-bond acceptors (Lipinski definition) is 5. The number of nitrogens with zero attached hydrogens (tertiary/aromatic N) is 1. The van der Waals surface area contributed by atoms with Gasteiger partial charge in [-0.3, -0.25) is 4.79 Å². The molecule has 0 saturated carbocycles. The van der Waals surface area contributed by atoms with Crippen LogP contribution in [0.5, 0.6) is 10.9 Å². The molecule has 2 rings (SSSR count). The highest BCUT2D eigenvalue weighted by atomic mass is 32.1. The Morgan fingerprint density at radius 1 is 1.35 bits per heavy atom. The van der Waals surface area contributed by atoms with Gasteiger partial charge in [-0.2, -0.15) is 0 Å². The minimum absolute atomic E-state index is 0.0955. The average Bonchev–Trinajstić information content (AvgIpc) is 2.97. The molecule has 1 heterocycles. The molecule has 0 saturated heterocycles. The minimum Gasteiger partial charge on any atom is -0.431 e.